The minimum absolute atomic E-state index is 0.180. The third-order valence-electron chi connectivity index (χ3n) is 3.47. The Morgan fingerprint density at radius 3 is 2.46 bits per heavy atom. The molecule has 0 saturated heterocycles. The number of aliphatic carboxylic acids is 1. The third kappa shape index (κ3) is 4.27. The number of ether oxygens (including phenoxy) is 1. The second kappa shape index (κ2) is 7.23. The van der Waals surface area contributed by atoms with Crippen LogP contribution in [0.15, 0.2) is 41.3 Å². The Labute approximate surface area is 145 Å². The highest BCUT2D eigenvalue weighted by molar-refractivity contribution is 7.90. The monoisotopic (exact) mass is 368 g/mol. The normalized spacial score (nSPS) is 11.3. The fraction of sp³-hybridized carbons (Fsp3) is 0.235. The van der Waals surface area contributed by atoms with Crippen LogP contribution < -0.4 is 4.74 Å². The van der Waals surface area contributed by atoms with E-state index in [0.29, 0.717) is 28.3 Å². The maximum absolute atomic E-state index is 11.8. The number of carbonyl (C=O) groups is 1. The van der Waals surface area contributed by atoms with Crippen LogP contribution >= 0.6 is 11.6 Å². The molecule has 0 heterocycles. The minimum Gasteiger partial charge on any atom is -0.481 e. The van der Waals surface area contributed by atoms with Gasteiger partial charge in [0.25, 0.3) is 0 Å². The summed E-state index contributed by atoms with van der Waals surface area (Å²) in [6, 6.07) is 9.67. The molecule has 5 nitrogen and oxygen atoms in total. The van der Waals surface area contributed by atoms with Gasteiger partial charge in [-0.2, -0.15) is 0 Å². The molecule has 2 aromatic rings. The molecular weight excluding hydrogens is 352 g/mol. The molecule has 0 aliphatic rings. The smallest absolute Gasteiger partial charge is 0.341 e. The number of halogens is 1. The summed E-state index contributed by atoms with van der Waals surface area (Å²) in [6.45, 7) is 1.45. The standard InChI is InChI=1S/C17H17ClO5S/c1-3-11-4-6-13(24(2,21)22)9-14(11)15-8-12(18)5-7-16(15)23-10-17(19)20/h4-9H,3,10H2,1-2H3,(H,19,20). The van der Waals surface area contributed by atoms with Gasteiger partial charge in [0.1, 0.15) is 5.75 Å². The Hall–Kier alpha value is -2.05. The van der Waals surface area contributed by atoms with E-state index in [1.54, 1.807) is 36.4 Å². The average Bonchev–Trinajstić information content (AvgIpc) is 2.52. The van der Waals surface area contributed by atoms with Crippen LogP contribution in [0.4, 0.5) is 0 Å². The van der Waals surface area contributed by atoms with Gasteiger partial charge < -0.3 is 9.84 Å². The molecule has 0 spiro atoms. The van der Waals surface area contributed by atoms with E-state index < -0.39 is 22.4 Å². The summed E-state index contributed by atoms with van der Waals surface area (Å²) in [4.78, 5) is 10.9. The summed E-state index contributed by atoms with van der Waals surface area (Å²) in [5, 5.41) is 9.26. The predicted octanol–water partition coefficient (Wildman–Crippen LogP) is 3.44. The van der Waals surface area contributed by atoms with E-state index in [0.717, 1.165) is 11.8 Å². The molecule has 0 saturated carbocycles. The van der Waals surface area contributed by atoms with Crippen molar-refractivity contribution in [2.45, 2.75) is 18.2 Å². The summed E-state index contributed by atoms with van der Waals surface area (Å²) in [5.74, 6) is -0.765. The van der Waals surface area contributed by atoms with Crippen LogP contribution in [0.5, 0.6) is 5.75 Å². The van der Waals surface area contributed by atoms with E-state index in [2.05, 4.69) is 0 Å². The van der Waals surface area contributed by atoms with Crippen molar-refractivity contribution in [3.05, 3.63) is 47.0 Å². The molecule has 0 radical (unpaired) electrons. The fourth-order valence-electron chi connectivity index (χ4n) is 2.32. The van der Waals surface area contributed by atoms with Gasteiger partial charge in [0.05, 0.1) is 4.90 Å². The van der Waals surface area contributed by atoms with Crippen molar-refractivity contribution >= 4 is 27.4 Å². The lowest BCUT2D eigenvalue weighted by Crippen LogP contribution is -2.10. The van der Waals surface area contributed by atoms with Crippen LogP contribution in [-0.2, 0) is 21.1 Å². The lowest BCUT2D eigenvalue weighted by molar-refractivity contribution is -0.139. The molecule has 0 aliphatic carbocycles. The summed E-state index contributed by atoms with van der Waals surface area (Å²) >= 11 is 6.06. The zero-order valence-corrected chi connectivity index (χ0v) is 14.8. The summed E-state index contributed by atoms with van der Waals surface area (Å²) in [6.07, 6.45) is 1.81. The Bertz CT molecular complexity index is 875. The van der Waals surface area contributed by atoms with Crippen molar-refractivity contribution in [2.24, 2.45) is 0 Å². The van der Waals surface area contributed by atoms with Gasteiger partial charge in [-0.25, -0.2) is 13.2 Å². The molecule has 0 unspecified atom stereocenters. The van der Waals surface area contributed by atoms with Crippen molar-refractivity contribution in [2.75, 3.05) is 12.9 Å². The van der Waals surface area contributed by atoms with Crippen LogP contribution in [0.25, 0.3) is 11.1 Å². The van der Waals surface area contributed by atoms with E-state index in [-0.39, 0.29) is 4.90 Å². The lowest BCUT2D eigenvalue weighted by atomic mass is 9.97. The highest BCUT2D eigenvalue weighted by atomic mass is 35.5. The van der Waals surface area contributed by atoms with Gasteiger partial charge in [-0.3, -0.25) is 0 Å². The van der Waals surface area contributed by atoms with Gasteiger partial charge >= 0.3 is 5.97 Å². The number of benzene rings is 2. The molecule has 0 amide bonds. The molecule has 1 N–H and O–H groups in total. The molecular formula is C17H17ClO5S. The van der Waals surface area contributed by atoms with E-state index in [9.17, 15) is 13.2 Å². The van der Waals surface area contributed by atoms with Crippen molar-refractivity contribution in [1.29, 1.82) is 0 Å². The topological polar surface area (TPSA) is 80.7 Å². The molecule has 2 aromatic carbocycles. The van der Waals surface area contributed by atoms with Gasteiger partial charge in [-0.1, -0.05) is 24.6 Å². The van der Waals surface area contributed by atoms with Gasteiger partial charge in [-0.05, 0) is 47.9 Å². The second-order valence-corrected chi connectivity index (χ2v) is 7.72. The van der Waals surface area contributed by atoms with Gasteiger partial charge in [0.15, 0.2) is 16.4 Å². The first-order chi connectivity index (χ1) is 11.2. The number of hydrogen-bond donors (Lipinski definition) is 1. The van der Waals surface area contributed by atoms with Crippen LogP contribution in [0.1, 0.15) is 12.5 Å². The fourth-order valence-corrected chi connectivity index (χ4v) is 3.14. The van der Waals surface area contributed by atoms with Gasteiger partial charge in [0, 0.05) is 16.8 Å². The average molecular weight is 369 g/mol. The van der Waals surface area contributed by atoms with E-state index in [4.69, 9.17) is 21.4 Å². The highest BCUT2D eigenvalue weighted by Crippen LogP contribution is 2.36. The Kier molecular flexibility index (Phi) is 5.51. The van der Waals surface area contributed by atoms with E-state index in [1.807, 2.05) is 6.92 Å². The zero-order chi connectivity index (χ0) is 17.9. The maximum atomic E-state index is 11.8. The Morgan fingerprint density at radius 2 is 1.88 bits per heavy atom. The number of aryl methyl sites for hydroxylation is 1. The SMILES string of the molecule is CCc1ccc(S(C)(=O)=O)cc1-c1cc(Cl)ccc1OCC(=O)O. The maximum Gasteiger partial charge on any atom is 0.341 e. The van der Waals surface area contributed by atoms with Gasteiger partial charge in [-0.15, -0.1) is 0 Å². The molecule has 0 bridgehead atoms. The molecule has 0 aliphatic heterocycles. The third-order valence-corrected chi connectivity index (χ3v) is 4.82. The lowest BCUT2D eigenvalue weighted by Gasteiger charge is -2.15. The zero-order valence-electron chi connectivity index (χ0n) is 13.2. The molecule has 0 atom stereocenters. The first-order valence-corrected chi connectivity index (χ1v) is 9.46. The van der Waals surface area contributed by atoms with Crippen LogP contribution in [-0.4, -0.2) is 32.4 Å². The van der Waals surface area contributed by atoms with Crippen LogP contribution in [0.3, 0.4) is 0 Å². The quantitative estimate of drug-likeness (QED) is 0.844. The first kappa shape index (κ1) is 18.3. The first-order valence-electron chi connectivity index (χ1n) is 7.20. The minimum atomic E-state index is -3.37. The molecule has 2 rings (SSSR count). The second-order valence-electron chi connectivity index (χ2n) is 5.27. The Morgan fingerprint density at radius 1 is 1.17 bits per heavy atom. The van der Waals surface area contributed by atoms with E-state index in [1.165, 1.54) is 0 Å². The number of hydrogen-bond acceptors (Lipinski definition) is 4. The number of sulfone groups is 1. The van der Waals surface area contributed by atoms with Crippen molar-refractivity contribution in [3.8, 4) is 16.9 Å². The molecule has 128 valence electrons. The summed E-state index contributed by atoms with van der Waals surface area (Å²) in [5.41, 5.74) is 2.12. The van der Waals surface area contributed by atoms with Crippen molar-refractivity contribution in [3.63, 3.8) is 0 Å². The van der Waals surface area contributed by atoms with Crippen LogP contribution in [0.2, 0.25) is 5.02 Å². The van der Waals surface area contributed by atoms with Crippen molar-refractivity contribution < 1.29 is 23.1 Å². The molecule has 0 aromatic heterocycles. The number of carboxylic acids is 1. The number of carboxylic acid groups (broad SMARTS) is 1. The molecule has 0 fully saturated rings. The molecule has 7 heteroatoms. The summed E-state index contributed by atoms with van der Waals surface area (Å²) in [7, 11) is -3.37. The summed E-state index contributed by atoms with van der Waals surface area (Å²) < 4.78 is 29.0. The van der Waals surface area contributed by atoms with Gasteiger partial charge in [0.2, 0.25) is 0 Å². The Balaban J connectivity index is 2.65. The highest BCUT2D eigenvalue weighted by Gasteiger charge is 2.16. The molecule has 24 heavy (non-hydrogen) atoms. The largest absolute Gasteiger partial charge is 0.481 e. The number of rotatable bonds is 6. The van der Waals surface area contributed by atoms with E-state index >= 15 is 0 Å². The van der Waals surface area contributed by atoms with Crippen LogP contribution in [0, 0.1) is 0 Å². The predicted molar refractivity (Wildman–Crippen MR) is 92.5 cm³/mol. The van der Waals surface area contributed by atoms with Crippen molar-refractivity contribution in [1.82, 2.24) is 0 Å².